The van der Waals surface area contributed by atoms with E-state index >= 15 is 0 Å². The third-order valence-electron chi connectivity index (χ3n) is 5.70. The Morgan fingerprint density at radius 2 is 1.51 bits per heavy atom. The molecular formula is C27H26N4O4. The zero-order chi connectivity index (χ0) is 25.1. The van der Waals surface area contributed by atoms with Crippen LogP contribution in [0.1, 0.15) is 16.7 Å². The van der Waals surface area contributed by atoms with E-state index in [1.54, 1.807) is 55.6 Å². The molecule has 1 heterocycles. The predicted octanol–water partition coefficient (Wildman–Crippen LogP) is 2.70. The summed E-state index contributed by atoms with van der Waals surface area (Å²) in [5.74, 6) is -0.522. The van der Waals surface area contributed by atoms with Crippen molar-refractivity contribution in [2.75, 3.05) is 12.4 Å². The highest BCUT2D eigenvalue weighted by atomic mass is 16.2. The number of anilines is 1. The van der Waals surface area contributed by atoms with Gasteiger partial charge < -0.3 is 10.6 Å². The lowest BCUT2D eigenvalue weighted by atomic mass is 10.1. The number of aryl methyl sites for hydroxylation is 2. The number of hydrogen-bond donors (Lipinski definition) is 2. The van der Waals surface area contributed by atoms with Crippen LogP contribution in [0, 0.1) is 13.8 Å². The molecule has 35 heavy (non-hydrogen) atoms. The molecule has 8 nitrogen and oxygen atoms in total. The third-order valence-corrected chi connectivity index (χ3v) is 5.70. The van der Waals surface area contributed by atoms with Crippen molar-refractivity contribution in [2.24, 2.45) is 0 Å². The van der Waals surface area contributed by atoms with Gasteiger partial charge in [0.25, 0.3) is 5.56 Å². The number of aromatic nitrogens is 2. The van der Waals surface area contributed by atoms with Gasteiger partial charge in [-0.25, -0.2) is 9.36 Å². The topological polar surface area (TPSA) is 102 Å². The van der Waals surface area contributed by atoms with Gasteiger partial charge in [-0.15, -0.1) is 0 Å². The van der Waals surface area contributed by atoms with E-state index in [0.29, 0.717) is 22.3 Å². The Hall–Kier alpha value is -4.46. The number of nitrogens with one attached hydrogen (secondary N) is 2. The molecule has 0 spiro atoms. The molecule has 2 N–H and O–H groups in total. The predicted molar refractivity (Wildman–Crippen MR) is 136 cm³/mol. The molecule has 3 aromatic carbocycles. The number of nitrogens with zero attached hydrogens (tertiary/aromatic N) is 2. The quantitative estimate of drug-likeness (QED) is 0.452. The van der Waals surface area contributed by atoms with E-state index < -0.39 is 11.2 Å². The van der Waals surface area contributed by atoms with Crippen LogP contribution in [0.2, 0.25) is 0 Å². The van der Waals surface area contributed by atoms with Gasteiger partial charge in [-0.2, -0.15) is 0 Å². The van der Waals surface area contributed by atoms with E-state index in [9.17, 15) is 19.2 Å². The van der Waals surface area contributed by atoms with Crippen LogP contribution in [0.5, 0.6) is 0 Å². The summed E-state index contributed by atoms with van der Waals surface area (Å²) >= 11 is 0. The fourth-order valence-electron chi connectivity index (χ4n) is 4.13. The summed E-state index contributed by atoms with van der Waals surface area (Å²) in [4.78, 5) is 51.3. The van der Waals surface area contributed by atoms with Crippen LogP contribution in [-0.4, -0.2) is 28.0 Å². The largest absolute Gasteiger partial charge is 0.359 e. The molecule has 0 aliphatic rings. The second-order valence-electron chi connectivity index (χ2n) is 8.47. The van der Waals surface area contributed by atoms with Gasteiger partial charge in [0.1, 0.15) is 6.54 Å². The molecule has 0 fully saturated rings. The summed E-state index contributed by atoms with van der Waals surface area (Å²) in [5.41, 5.74) is 3.05. The van der Waals surface area contributed by atoms with Gasteiger partial charge in [0.15, 0.2) is 0 Å². The summed E-state index contributed by atoms with van der Waals surface area (Å²) < 4.78 is 2.35. The van der Waals surface area contributed by atoms with Crippen molar-refractivity contribution >= 4 is 28.4 Å². The number of para-hydroxylation sites is 1. The Kier molecular flexibility index (Phi) is 6.64. The van der Waals surface area contributed by atoms with Crippen molar-refractivity contribution < 1.29 is 9.59 Å². The highest BCUT2D eigenvalue weighted by Crippen LogP contribution is 2.15. The molecule has 0 bridgehead atoms. The zero-order valence-electron chi connectivity index (χ0n) is 19.8. The molecular weight excluding hydrogens is 444 g/mol. The Morgan fingerprint density at radius 1 is 0.857 bits per heavy atom. The second kappa shape index (κ2) is 9.80. The van der Waals surface area contributed by atoms with Crippen LogP contribution in [0.25, 0.3) is 16.6 Å². The summed E-state index contributed by atoms with van der Waals surface area (Å²) in [7, 11) is 1.56. The Labute approximate surface area is 201 Å². The SMILES string of the molecule is CNC(=O)Cc1ccc(-n2c(=O)c3ccccc3n(CC(=O)Nc3cc(C)cc(C)c3)c2=O)cc1. The molecule has 0 aliphatic carbocycles. The maximum absolute atomic E-state index is 13.5. The van der Waals surface area contributed by atoms with Crippen LogP contribution in [0.4, 0.5) is 5.69 Å². The van der Waals surface area contributed by atoms with Crippen LogP contribution < -0.4 is 21.9 Å². The standard InChI is InChI=1S/C27H26N4O4/c1-17-12-18(2)14-20(13-17)29-25(33)16-30-23-7-5-4-6-22(23)26(34)31(27(30)35)21-10-8-19(9-11-21)15-24(32)28-3/h4-14H,15-16H2,1-3H3,(H,28,32)(H,29,33). The van der Waals surface area contributed by atoms with Crippen molar-refractivity contribution in [1.29, 1.82) is 0 Å². The summed E-state index contributed by atoms with van der Waals surface area (Å²) in [6, 6.07) is 19.1. The summed E-state index contributed by atoms with van der Waals surface area (Å²) in [6.07, 6.45) is 0.187. The first kappa shape index (κ1) is 23.7. The van der Waals surface area contributed by atoms with E-state index in [1.807, 2.05) is 32.0 Å². The monoisotopic (exact) mass is 470 g/mol. The lowest BCUT2D eigenvalue weighted by Crippen LogP contribution is -2.40. The van der Waals surface area contributed by atoms with Crippen LogP contribution in [-0.2, 0) is 22.6 Å². The van der Waals surface area contributed by atoms with Crippen molar-refractivity contribution in [2.45, 2.75) is 26.8 Å². The number of carbonyl (C=O) groups is 2. The van der Waals surface area contributed by atoms with Gasteiger partial charge in [0.05, 0.1) is 23.0 Å². The fraction of sp³-hybridized carbons (Fsp3) is 0.185. The molecule has 2 amide bonds. The molecule has 0 aliphatic heterocycles. The molecule has 0 unspecified atom stereocenters. The first-order valence-corrected chi connectivity index (χ1v) is 11.2. The average molecular weight is 471 g/mol. The maximum Gasteiger partial charge on any atom is 0.336 e. The molecule has 1 aromatic heterocycles. The Bertz CT molecular complexity index is 1530. The van der Waals surface area contributed by atoms with E-state index in [4.69, 9.17) is 0 Å². The fourth-order valence-corrected chi connectivity index (χ4v) is 4.13. The highest BCUT2D eigenvalue weighted by Gasteiger charge is 2.17. The molecule has 0 radical (unpaired) electrons. The number of benzene rings is 3. The van der Waals surface area contributed by atoms with Gasteiger partial charge >= 0.3 is 5.69 Å². The van der Waals surface area contributed by atoms with Gasteiger partial charge in [-0.05, 0) is 66.9 Å². The van der Waals surface area contributed by atoms with Crippen molar-refractivity contribution in [3.8, 4) is 5.69 Å². The molecule has 8 heteroatoms. The number of hydrogen-bond acceptors (Lipinski definition) is 4. The molecule has 4 rings (SSSR count). The van der Waals surface area contributed by atoms with E-state index in [0.717, 1.165) is 21.3 Å². The van der Waals surface area contributed by atoms with Gasteiger partial charge in [-0.3, -0.25) is 19.0 Å². The van der Waals surface area contributed by atoms with Crippen molar-refractivity contribution in [3.05, 3.63) is 104 Å². The highest BCUT2D eigenvalue weighted by molar-refractivity contribution is 5.92. The normalized spacial score (nSPS) is 10.8. The van der Waals surface area contributed by atoms with Crippen LogP contribution in [0.3, 0.4) is 0 Å². The van der Waals surface area contributed by atoms with E-state index in [2.05, 4.69) is 10.6 Å². The van der Waals surface area contributed by atoms with Gasteiger partial charge in [-0.1, -0.05) is 30.3 Å². The van der Waals surface area contributed by atoms with Crippen molar-refractivity contribution in [1.82, 2.24) is 14.5 Å². The first-order chi connectivity index (χ1) is 16.8. The van der Waals surface area contributed by atoms with E-state index in [1.165, 1.54) is 4.57 Å². The van der Waals surface area contributed by atoms with Crippen LogP contribution in [0.15, 0.2) is 76.3 Å². The summed E-state index contributed by atoms with van der Waals surface area (Å²) in [6.45, 7) is 3.62. The summed E-state index contributed by atoms with van der Waals surface area (Å²) in [5, 5.41) is 5.73. The first-order valence-electron chi connectivity index (χ1n) is 11.2. The van der Waals surface area contributed by atoms with Crippen molar-refractivity contribution in [3.63, 3.8) is 0 Å². The molecule has 178 valence electrons. The minimum atomic E-state index is -0.622. The zero-order valence-corrected chi connectivity index (χ0v) is 19.8. The number of likely N-dealkylation sites (N-methyl/N-ethyl adjacent to an activating group) is 1. The van der Waals surface area contributed by atoms with Gasteiger partial charge in [0.2, 0.25) is 11.8 Å². The maximum atomic E-state index is 13.5. The Morgan fingerprint density at radius 3 is 2.17 bits per heavy atom. The smallest absolute Gasteiger partial charge is 0.336 e. The van der Waals surface area contributed by atoms with Gasteiger partial charge in [0, 0.05) is 12.7 Å². The Balaban J connectivity index is 1.75. The minimum Gasteiger partial charge on any atom is -0.359 e. The number of amides is 2. The lowest BCUT2D eigenvalue weighted by Gasteiger charge is -2.15. The van der Waals surface area contributed by atoms with E-state index in [-0.39, 0.29) is 24.8 Å². The minimum absolute atomic E-state index is 0.141. The second-order valence-corrected chi connectivity index (χ2v) is 8.47. The molecule has 4 aromatic rings. The average Bonchev–Trinajstić information content (AvgIpc) is 2.82. The molecule has 0 saturated heterocycles. The molecule has 0 atom stereocenters. The third kappa shape index (κ3) is 5.06. The number of rotatable bonds is 6. The molecule has 0 saturated carbocycles. The number of carbonyl (C=O) groups excluding carboxylic acids is 2. The lowest BCUT2D eigenvalue weighted by molar-refractivity contribution is -0.120. The number of fused-ring (bicyclic) bond motifs is 1. The van der Waals surface area contributed by atoms with Crippen LogP contribution >= 0.6 is 0 Å².